The monoisotopic (exact) mass is 252 g/mol. The molecule has 3 atom stereocenters. The van der Waals surface area contributed by atoms with Gasteiger partial charge >= 0.3 is 0 Å². The van der Waals surface area contributed by atoms with E-state index < -0.39 is 0 Å². The van der Waals surface area contributed by atoms with Gasteiger partial charge in [0.25, 0.3) is 0 Å². The molecule has 4 nitrogen and oxygen atoms in total. The Hall–Kier alpha value is -0.610. The summed E-state index contributed by atoms with van der Waals surface area (Å²) < 4.78 is 5.65. The second-order valence-electron chi connectivity index (χ2n) is 6.00. The molecule has 2 saturated heterocycles. The number of carbonyl (C=O) groups is 1. The van der Waals surface area contributed by atoms with Crippen LogP contribution in [0.2, 0.25) is 0 Å². The maximum Gasteiger partial charge on any atom is 0.244 e. The van der Waals surface area contributed by atoms with Gasteiger partial charge in [-0.3, -0.25) is 10.1 Å². The third kappa shape index (κ3) is 1.69. The summed E-state index contributed by atoms with van der Waals surface area (Å²) in [5.41, 5.74) is -0.233. The van der Waals surface area contributed by atoms with Crippen molar-refractivity contribution < 1.29 is 9.53 Å². The van der Waals surface area contributed by atoms with Crippen LogP contribution in [-0.4, -0.2) is 41.3 Å². The standard InChI is InChI=1S/C14H24N2O2/c1-3-12-15-14(7-4-5-8-14)13(17)16(12)11-6-9-18-10(11)2/h10-12,15H,3-9H2,1-2H3. The van der Waals surface area contributed by atoms with Crippen molar-refractivity contribution in [1.29, 1.82) is 0 Å². The van der Waals surface area contributed by atoms with E-state index in [1.165, 1.54) is 12.8 Å². The zero-order valence-electron chi connectivity index (χ0n) is 11.4. The molecule has 0 aromatic carbocycles. The van der Waals surface area contributed by atoms with Crippen LogP contribution >= 0.6 is 0 Å². The Labute approximate surface area is 109 Å². The van der Waals surface area contributed by atoms with Crippen molar-refractivity contribution in [3.05, 3.63) is 0 Å². The van der Waals surface area contributed by atoms with Crippen molar-refractivity contribution in [2.24, 2.45) is 0 Å². The Morgan fingerprint density at radius 3 is 2.72 bits per heavy atom. The second-order valence-corrected chi connectivity index (χ2v) is 6.00. The van der Waals surface area contributed by atoms with E-state index in [-0.39, 0.29) is 23.9 Å². The zero-order chi connectivity index (χ0) is 12.8. The summed E-state index contributed by atoms with van der Waals surface area (Å²) in [7, 11) is 0. The van der Waals surface area contributed by atoms with Crippen molar-refractivity contribution in [2.75, 3.05) is 6.61 Å². The van der Waals surface area contributed by atoms with Gasteiger partial charge in [0.05, 0.1) is 23.9 Å². The SMILES string of the molecule is CCC1NC2(CCCC2)C(=O)N1C1CCOC1C. The van der Waals surface area contributed by atoms with Crippen LogP contribution < -0.4 is 5.32 Å². The number of hydrogen-bond acceptors (Lipinski definition) is 3. The van der Waals surface area contributed by atoms with Crippen molar-refractivity contribution in [2.45, 2.75) is 76.2 Å². The molecule has 18 heavy (non-hydrogen) atoms. The van der Waals surface area contributed by atoms with Gasteiger partial charge in [-0.15, -0.1) is 0 Å². The van der Waals surface area contributed by atoms with E-state index in [4.69, 9.17) is 4.74 Å². The fourth-order valence-corrected chi connectivity index (χ4v) is 3.94. The van der Waals surface area contributed by atoms with Crippen LogP contribution in [-0.2, 0) is 9.53 Å². The molecule has 3 fully saturated rings. The lowest BCUT2D eigenvalue weighted by Gasteiger charge is -2.31. The van der Waals surface area contributed by atoms with Gasteiger partial charge in [-0.2, -0.15) is 0 Å². The van der Waals surface area contributed by atoms with E-state index >= 15 is 0 Å². The fraction of sp³-hybridized carbons (Fsp3) is 0.929. The largest absolute Gasteiger partial charge is 0.376 e. The summed E-state index contributed by atoms with van der Waals surface area (Å²) in [6.07, 6.45) is 6.75. The second kappa shape index (κ2) is 4.49. The predicted octanol–water partition coefficient (Wildman–Crippen LogP) is 1.64. The quantitative estimate of drug-likeness (QED) is 0.812. The fourth-order valence-electron chi connectivity index (χ4n) is 3.94. The first-order valence-electron chi connectivity index (χ1n) is 7.40. The highest BCUT2D eigenvalue weighted by Gasteiger charge is 2.54. The zero-order valence-corrected chi connectivity index (χ0v) is 11.4. The molecule has 4 heteroatoms. The Balaban J connectivity index is 1.85. The molecule has 2 heterocycles. The summed E-state index contributed by atoms with van der Waals surface area (Å²) >= 11 is 0. The van der Waals surface area contributed by atoms with Gasteiger partial charge in [0.15, 0.2) is 0 Å². The van der Waals surface area contributed by atoms with Gasteiger partial charge in [-0.1, -0.05) is 19.8 Å². The van der Waals surface area contributed by atoms with E-state index in [0.29, 0.717) is 5.91 Å². The molecule has 3 aliphatic rings. The maximum absolute atomic E-state index is 12.8. The van der Waals surface area contributed by atoms with E-state index in [1.54, 1.807) is 0 Å². The molecule has 0 aromatic rings. The molecule has 2 aliphatic heterocycles. The van der Waals surface area contributed by atoms with Crippen LogP contribution in [0.3, 0.4) is 0 Å². The van der Waals surface area contributed by atoms with Gasteiger partial charge in [0.2, 0.25) is 5.91 Å². The first-order valence-corrected chi connectivity index (χ1v) is 7.40. The lowest BCUT2D eigenvalue weighted by molar-refractivity contribution is -0.136. The third-order valence-electron chi connectivity index (χ3n) is 4.96. The van der Waals surface area contributed by atoms with Crippen LogP contribution in [0.1, 0.15) is 52.4 Å². The average Bonchev–Trinajstić information content (AvgIpc) is 3.04. The molecule has 3 unspecified atom stereocenters. The van der Waals surface area contributed by atoms with Crippen molar-refractivity contribution in [3.63, 3.8) is 0 Å². The number of carbonyl (C=O) groups excluding carboxylic acids is 1. The van der Waals surface area contributed by atoms with E-state index in [2.05, 4.69) is 24.1 Å². The molecular weight excluding hydrogens is 228 g/mol. The Morgan fingerprint density at radius 2 is 2.17 bits per heavy atom. The number of rotatable bonds is 2. The van der Waals surface area contributed by atoms with E-state index in [9.17, 15) is 4.79 Å². The summed E-state index contributed by atoms with van der Waals surface area (Å²) in [5, 5.41) is 3.63. The lowest BCUT2D eigenvalue weighted by Crippen LogP contribution is -2.48. The number of nitrogens with one attached hydrogen (secondary N) is 1. The lowest BCUT2D eigenvalue weighted by atomic mass is 9.97. The highest BCUT2D eigenvalue weighted by atomic mass is 16.5. The first-order chi connectivity index (χ1) is 8.68. The average molecular weight is 252 g/mol. The van der Waals surface area contributed by atoms with Crippen LogP contribution in [0.25, 0.3) is 0 Å². The van der Waals surface area contributed by atoms with E-state index in [1.807, 2.05) is 0 Å². The van der Waals surface area contributed by atoms with Crippen molar-refractivity contribution >= 4 is 5.91 Å². The van der Waals surface area contributed by atoms with Crippen LogP contribution in [0.5, 0.6) is 0 Å². The first kappa shape index (κ1) is 12.4. The Kier molecular flexibility index (Phi) is 3.10. The highest BCUT2D eigenvalue weighted by Crippen LogP contribution is 2.39. The maximum atomic E-state index is 12.8. The molecule has 0 bridgehead atoms. The van der Waals surface area contributed by atoms with Gasteiger partial charge in [-0.25, -0.2) is 0 Å². The van der Waals surface area contributed by atoms with Gasteiger partial charge in [-0.05, 0) is 32.6 Å². The summed E-state index contributed by atoms with van der Waals surface area (Å²) in [6, 6.07) is 0.273. The van der Waals surface area contributed by atoms with E-state index in [0.717, 1.165) is 32.3 Å². The van der Waals surface area contributed by atoms with Gasteiger partial charge < -0.3 is 9.64 Å². The number of nitrogens with zero attached hydrogens (tertiary/aromatic N) is 1. The number of hydrogen-bond donors (Lipinski definition) is 1. The predicted molar refractivity (Wildman–Crippen MR) is 69.1 cm³/mol. The molecule has 1 aliphatic carbocycles. The summed E-state index contributed by atoms with van der Waals surface area (Å²) in [5.74, 6) is 0.342. The molecule has 1 spiro atoms. The van der Waals surface area contributed by atoms with Gasteiger partial charge in [0.1, 0.15) is 0 Å². The molecule has 1 saturated carbocycles. The Bertz CT molecular complexity index is 339. The smallest absolute Gasteiger partial charge is 0.244 e. The number of ether oxygens (including phenoxy) is 1. The van der Waals surface area contributed by atoms with Crippen molar-refractivity contribution in [1.82, 2.24) is 10.2 Å². The normalized spacial score (nSPS) is 39.1. The molecule has 1 amide bonds. The minimum atomic E-state index is -0.233. The van der Waals surface area contributed by atoms with Crippen LogP contribution in [0.4, 0.5) is 0 Å². The minimum absolute atomic E-state index is 0.182. The van der Waals surface area contributed by atoms with Crippen molar-refractivity contribution in [3.8, 4) is 0 Å². The molecule has 3 rings (SSSR count). The molecule has 0 radical (unpaired) electrons. The number of amides is 1. The Morgan fingerprint density at radius 1 is 1.44 bits per heavy atom. The summed E-state index contributed by atoms with van der Waals surface area (Å²) in [6.45, 7) is 5.04. The highest BCUT2D eigenvalue weighted by molar-refractivity contribution is 5.89. The van der Waals surface area contributed by atoms with Gasteiger partial charge in [0, 0.05) is 6.61 Å². The topological polar surface area (TPSA) is 41.6 Å². The summed E-state index contributed by atoms with van der Waals surface area (Å²) in [4.78, 5) is 15.0. The molecule has 102 valence electrons. The minimum Gasteiger partial charge on any atom is -0.376 e. The molecule has 0 aromatic heterocycles. The van der Waals surface area contributed by atoms with Crippen LogP contribution in [0.15, 0.2) is 0 Å². The van der Waals surface area contributed by atoms with Crippen LogP contribution in [0, 0.1) is 0 Å². The molecular formula is C14H24N2O2. The molecule has 1 N–H and O–H groups in total. The third-order valence-corrected chi connectivity index (χ3v) is 4.96.